The molecule has 4 rings (SSSR count). The fourth-order valence-electron chi connectivity index (χ4n) is 3.30. The van der Waals surface area contributed by atoms with Crippen LogP contribution < -0.4 is 10.6 Å². The number of nitrogens with one attached hydrogen (secondary N) is 2. The van der Waals surface area contributed by atoms with Gasteiger partial charge in [0.2, 0.25) is 5.91 Å². The Morgan fingerprint density at radius 3 is 2.72 bits per heavy atom. The summed E-state index contributed by atoms with van der Waals surface area (Å²) in [6, 6.07) is 8.19. The van der Waals surface area contributed by atoms with Gasteiger partial charge in [-0.2, -0.15) is 0 Å². The minimum absolute atomic E-state index is 0.0218. The Balaban J connectivity index is 1.39. The second-order valence-corrected chi connectivity index (χ2v) is 8.96. The van der Waals surface area contributed by atoms with Gasteiger partial charge < -0.3 is 15.2 Å². The molecule has 1 unspecified atom stereocenters. The Labute approximate surface area is 190 Å². The van der Waals surface area contributed by atoms with Crippen molar-refractivity contribution in [1.29, 1.82) is 0 Å². The predicted octanol–water partition coefficient (Wildman–Crippen LogP) is 1.31. The number of carboxylic acid groups (broad SMARTS) is 1. The first-order valence-electron chi connectivity index (χ1n) is 9.50. The van der Waals surface area contributed by atoms with E-state index in [1.54, 1.807) is 35.8 Å². The molecule has 32 heavy (non-hydrogen) atoms. The molecule has 12 heteroatoms. The topological polar surface area (TPSA) is 138 Å². The van der Waals surface area contributed by atoms with E-state index in [1.165, 1.54) is 23.1 Å². The molecule has 166 valence electrons. The van der Waals surface area contributed by atoms with Gasteiger partial charge in [0.1, 0.15) is 23.0 Å². The van der Waals surface area contributed by atoms with Crippen molar-refractivity contribution < 1.29 is 29.0 Å². The summed E-state index contributed by atoms with van der Waals surface area (Å²) in [6.45, 7) is 0.0218. The van der Waals surface area contributed by atoms with E-state index in [-0.39, 0.29) is 36.1 Å². The zero-order valence-corrected chi connectivity index (χ0v) is 18.1. The molecular formula is C20H18N4O6S2. The third-order valence-electron chi connectivity index (χ3n) is 4.75. The van der Waals surface area contributed by atoms with Gasteiger partial charge in [-0.15, -0.1) is 23.1 Å². The number of thioether (sulfide) groups is 1. The van der Waals surface area contributed by atoms with Crippen molar-refractivity contribution >= 4 is 47.0 Å². The van der Waals surface area contributed by atoms with Crippen LogP contribution in [0.2, 0.25) is 0 Å². The number of aliphatic carboxylic acids is 1. The highest BCUT2D eigenvalue weighted by molar-refractivity contribution is 8.00. The van der Waals surface area contributed by atoms with Gasteiger partial charge in [-0.25, -0.2) is 14.6 Å². The molecule has 1 aromatic heterocycles. The van der Waals surface area contributed by atoms with E-state index in [2.05, 4.69) is 15.6 Å². The van der Waals surface area contributed by atoms with Crippen LogP contribution >= 0.6 is 23.1 Å². The lowest BCUT2D eigenvalue weighted by Crippen LogP contribution is -2.71. The van der Waals surface area contributed by atoms with Crippen LogP contribution in [0, 0.1) is 0 Å². The lowest BCUT2D eigenvalue weighted by molar-refractivity contribution is -0.150. The van der Waals surface area contributed by atoms with Crippen molar-refractivity contribution in [2.24, 2.45) is 0 Å². The van der Waals surface area contributed by atoms with Crippen molar-refractivity contribution in [1.82, 2.24) is 20.5 Å². The van der Waals surface area contributed by atoms with Crippen LogP contribution in [0.3, 0.4) is 0 Å². The third kappa shape index (κ3) is 4.60. The molecule has 0 radical (unpaired) electrons. The molecule has 1 fully saturated rings. The number of alkyl carbamates (subject to hydrolysis) is 1. The highest BCUT2D eigenvalue weighted by Crippen LogP contribution is 2.39. The Bertz CT molecular complexity index is 1070. The van der Waals surface area contributed by atoms with E-state index in [0.717, 1.165) is 10.5 Å². The second-order valence-electron chi connectivity index (χ2n) is 6.88. The first-order valence-corrected chi connectivity index (χ1v) is 11.4. The van der Waals surface area contributed by atoms with Crippen molar-refractivity contribution in [3.05, 3.63) is 63.9 Å². The second kappa shape index (κ2) is 9.40. The van der Waals surface area contributed by atoms with Crippen LogP contribution in [0.25, 0.3) is 0 Å². The van der Waals surface area contributed by atoms with E-state index in [9.17, 15) is 24.3 Å². The smallest absolute Gasteiger partial charge is 0.411 e. The van der Waals surface area contributed by atoms with Gasteiger partial charge in [0.15, 0.2) is 5.70 Å². The quantitative estimate of drug-likeness (QED) is 0.511. The molecule has 0 aliphatic carbocycles. The van der Waals surface area contributed by atoms with Gasteiger partial charge in [-0.05, 0) is 5.56 Å². The van der Waals surface area contributed by atoms with Crippen molar-refractivity contribution in [3.63, 3.8) is 0 Å². The molecule has 2 aliphatic rings. The minimum atomic E-state index is -1.35. The predicted molar refractivity (Wildman–Crippen MR) is 115 cm³/mol. The van der Waals surface area contributed by atoms with E-state index in [0.29, 0.717) is 5.01 Å². The maximum absolute atomic E-state index is 12.6. The first kappa shape index (κ1) is 21.8. The van der Waals surface area contributed by atoms with Crippen LogP contribution in [-0.2, 0) is 32.1 Å². The lowest BCUT2D eigenvalue weighted by Gasteiger charge is -2.49. The van der Waals surface area contributed by atoms with Crippen LogP contribution in [0.5, 0.6) is 0 Å². The summed E-state index contributed by atoms with van der Waals surface area (Å²) in [7, 11) is 0. The average molecular weight is 475 g/mol. The third-order valence-corrected chi connectivity index (χ3v) is 6.81. The highest BCUT2D eigenvalue weighted by Gasteiger charge is 2.54. The van der Waals surface area contributed by atoms with Gasteiger partial charge in [-0.1, -0.05) is 30.3 Å². The summed E-state index contributed by atoms with van der Waals surface area (Å²) in [4.78, 5) is 54.0. The fraction of sp³-hybridized carbons (Fsp3) is 0.250. The number of aromatic nitrogens is 1. The Kier molecular flexibility index (Phi) is 6.42. The number of carboxylic acids is 1. The summed E-state index contributed by atoms with van der Waals surface area (Å²) >= 11 is 2.58. The monoisotopic (exact) mass is 474 g/mol. The highest BCUT2D eigenvalue weighted by atomic mass is 32.2. The summed E-state index contributed by atoms with van der Waals surface area (Å²) in [6.07, 6.45) is 0.813. The Morgan fingerprint density at radius 2 is 2.03 bits per heavy atom. The number of carbonyl (C=O) groups is 4. The van der Waals surface area contributed by atoms with E-state index in [4.69, 9.17) is 4.74 Å². The molecular weight excluding hydrogens is 456 g/mol. The summed E-state index contributed by atoms with van der Waals surface area (Å²) in [5.74, 6) is -2.14. The van der Waals surface area contributed by atoms with Crippen molar-refractivity contribution in [3.8, 4) is 0 Å². The number of carbonyl (C=O) groups excluding carboxylic acids is 3. The minimum Gasteiger partial charge on any atom is -0.477 e. The maximum atomic E-state index is 12.6. The molecule has 2 aromatic rings. The van der Waals surface area contributed by atoms with Gasteiger partial charge >= 0.3 is 12.1 Å². The number of fused-ring (bicyclic) bond motifs is 1. The number of amides is 3. The van der Waals surface area contributed by atoms with Gasteiger partial charge in [0, 0.05) is 17.3 Å². The van der Waals surface area contributed by atoms with Crippen molar-refractivity contribution in [2.45, 2.75) is 24.4 Å². The Morgan fingerprint density at radius 1 is 1.25 bits per heavy atom. The van der Waals surface area contributed by atoms with Crippen LogP contribution in [0.4, 0.5) is 4.79 Å². The summed E-state index contributed by atoms with van der Waals surface area (Å²) < 4.78 is 5.14. The van der Waals surface area contributed by atoms with Crippen molar-refractivity contribution in [2.75, 3.05) is 5.75 Å². The molecule has 2 atom stereocenters. The number of rotatable bonds is 7. The SMILES string of the molecule is O=C(Cc1nccs1)NC1C(=O)N2C(C(=O)O)=C(NC(=O)OCc3ccccc3)CS[C@@H]12. The number of hydrogen-bond acceptors (Lipinski definition) is 8. The normalized spacial score (nSPS) is 19.6. The molecule has 3 amide bonds. The Hall–Kier alpha value is -3.38. The number of nitrogens with zero attached hydrogens (tertiary/aromatic N) is 2. The average Bonchev–Trinajstić information content (AvgIpc) is 3.29. The molecule has 0 bridgehead atoms. The van der Waals surface area contributed by atoms with Crippen LogP contribution in [0.15, 0.2) is 53.3 Å². The molecule has 1 aromatic carbocycles. The lowest BCUT2D eigenvalue weighted by atomic mass is 10.0. The molecule has 3 N–H and O–H groups in total. The molecule has 3 heterocycles. The molecule has 0 saturated carbocycles. The zero-order chi connectivity index (χ0) is 22.7. The van der Waals surface area contributed by atoms with E-state index in [1.807, 2.05) is 6.07 Å². The molecule has 10 nitrogen and oxygen atoms in total. The van der Waals surface area contributed by atoms with Gasteiger partial charge in [0.25, 0.3) is 5.91 Å². The number of thiazole rings is 1. The standard InChI is InChI=1S/C20H18N4O6S2/c25-13(8-14-21-6-7-31-14)23-15-17(26)24-16(19(27)28)12(10-32-18(15)24)22-20(29)30-9-11-4-2-1-3-5-11/h1-7,15,18H,8-10H2,(H,22,29)(H,23,25)(H,27,28)/t15?,18-/m0/s1. The molecule has 1 saturated heterocycles. The largest absolute Gasteiger partial charge is 0.477 e. The van der Waals surface area contributed by atoms with Gasteiger partial charge in [0.05, 0.1) is 12.1 Å². The fourth-order valence-corrected chi connectivity index (χ4v) is 5.20. The molecule has 2 aliphatic heterocycles. The van der Waals surface area contributed by atoms with Crippen LogP contribution in [-0.4, -0.2) is 56.0 Å². The molecule has 0 spiro atoms. The summed E-state index contributed by atoms with van der Waals surface area (Å²) in [5.41, 5.74) is 0.529. The number of hydrogen-bond donors (Lipinski definition) is 3. The number of β-lactam (4-membered cyclic amide) rings is 1. The number of benzene rings is 1. The van der Waals surface area contributed by atoms with E-state index < -0.39 is 29.4 Å². The summed E-state index contributed by atoms with van der Waals surface area (Å²) in [5, 5.41) is 16.5. The van der Waals surface area contributed by atoms with E-state index >= 15 is 0 Å². The zero-order valence-electron chi connectivity index (χ0n) is 16.5. The number of ether oxygens (including phenoxy) is 1. The van der Waals surface area contributed by atoms with Crippen LogP contribution in [0.1, 0.15) is 10.6 Å². The van der Waals surface area contributed by atoms with Gasteiger partial charge in [-0.3, -0.25) is 19.8 Å². The maximum Gasteiger partial charge on any atom is 0.411 e. The first-order chi connectivity index (χ1) is 15.4.